The first-order valence-corrected chi connectivity index (χ1v) is 6.03. The van der Waals surface area contributed by atoms with Crippen molar-refractivity contribution >= 4 is 35.4 Å². The molecule has 1 saturated heterocycles. The predicted molar refractivity (Wildman–Crippen MR) is 62.8 cm³/mol. The lowest BCUT2D eigenvalue weighted by Crippen LogP contribution is -2.61. The van der Waals surface area contributed by atoms with Gasteiger partial charge in [0.2, 0.25) is 17.7 Å². The zero-order valence-electron chi connectivity index (χ0n) is 9.86. The summed E-state index contributed by atoms with van der Waals surface area (Å²) in [5, 5.41) is 4.23. The topological polar surface area (TPSA) is 95.6 Å². The van der Waals surface area contributed by atoms with E-state index in [2.05, 4.69) is 10.6 Å². The molecule has 0 aromatic carbocycles. The van der Waals surface area contributed by atoms with Crippen LogP contribution in [0, 0.1) is 0 Å². The van der Waals surface area contributed by atoms with Gasteiger partial charge in [-0.2, -0.15) is 0 Å². The van der Waals surface area contributed by atoms with Crippen LogP contribution in [0.5, 0.6) is 0 Å². The highest BCUT2D eigenvalue weighted by molar-refractivity contribution is 6.19. The smallest absolute Gasteiger partial charge is 0.303 e. The van der Waals surface area contributed by atoms with Crippen molar-refractivity contribution in [3.63, 3.8) is 0 Å². The number of piperazine rings is 1. The number of hydrogen-bond donors (Lipinski definition) is 2. The van der Waals surface area contributed by atoms with E-state index in [0.717, 1.165) is 4.90 Å². The second-order valence-electron chi connectivity index (χ2n) is 3.76. The standard InChI is InChI=1S/C10H14ClN3O4/c1-2-6-9(17)12-8(16)5-14(6)10(18)13-7(15)3-4-11/h6H,2-5H2,1H3,(H,12,16,17)(H,13,15,18). The Labute approximate surface area is 109 Å². The maximum absolute atomic E-state index is 11.8. The van der Waals surface area contributed by atoms with Crippen molar-refractivity contribution in [1.29, 1.82) is 0 Å². The van der Waals surface area contributed by atoms with E-state index in [-0.39, 0.29) is 18.8 Å². The number of amides is 5. The summed E-state index contributed by atoms with van der Waals surface area (Å²) in [5.41, 5.74) is 0. The lowest BCUT2D eigenvalue weighted by Gasteiger charge is -2.32. The molecule has 1 aliphatic heterocycles. The fourth-order valence-electron chi connectivity index (χ4n) is 1.63. The van der Waals surface area contributed by atoms with Crippen LogP contribution in [-0.2, 0) is 14.4 Å². The molecule has 8 heteroatoms. The molecule has 0 radical (unpaired) electrons. The number of nitrogens with one attached hydrogen (secondary N) is 2. The van der Waals surface area contributed by atoms with Gasteiger partial charge in [-0.05, 0) is 6.42 Å². The summed E-state index contributed by atoms with van der Waals surface area (Å²) >= 11 is 5.36. The van der Waals surface area contributed by atoms with Gasteiger partial charge >= 0.3 is 6.03 Å². The van der Waals surface area contributed by atoms with Crippen molar-refractivity contribution in [3.05, 3.63) is 0 Å². The molecule has 5 amide bonds. The Morgan fingerprint density at radius 2 is 2.17 bits per heavy atom. The highest BCUT2D eigenvalue weighted by atomic mass is 35.5. The number of hydrogen-bond acceptors (Lipinski definition) is 4. The van der Waals surface area contributed by atoms with Crippen molar-refractivity contribution in [3.8, 4) is 0 Å². The summed E-state index contributed by atoms with van der Waals surface area (Å²) < 4.78 is 0. The van der Waals surface area contributed by atoms with Crippen LogP contribution in [0.1, 0.15) is 19.8 Å². The van der Waals surface area contributed by atoms with Gasteiger partial charge in [-0.1, -0.05) is 6.92 Å². The molecule has 0 aliphatic carbocycles. The summed E-state index contributed by atoms with van der Waals surface area (Å²) in [6, 6.07) is -1.49. The van der Waals surface area contributed by atoms with Crippen LogP contribution in [0.2, 0.25) is 0 Å². The Bertz CT molecular complexity index is 385. The van der Waals surface area contributed by atoms with Crippen LogP contribution < -0.4 is 10.6 Å². The summed E-state index contributed by atoms with van der Waals surface area (Å²) in [4.78, 5) is 46.7. The fraction of sp³-hybridized carbons (Fsp3) is 0.600. The summed E-state index contributed by atoms with van der Waals surface area (Å²) in [5.74, 6) is -1.54. The molecule has 0 aromatic heterocycles. The molecule has 1 unspecified atom stereocenters. The van der Waals surface area contributed by atoms with Gasteiger partial charge in [-0.3, -0.25) is 25.0 Å². The SMILES string of the molecule is CCC1C(=O)NC(=O)CN1C(=O)NC(=O)CCCl. The average Bonchev–Trinajstić information content (AvgIpc) is 2.28. The Balaban J connectivity index is 2.71. The van der Waals surface area contributed by atoms with E-state index in [0.29, 0.717) is 6.42 Å². The van der Waals surface area contributed by atoms with Crippen LogP contribution in [0.3, 0.4) is 0 Å². The van der Waals surface area contributed by atoms with E-state index in [1.165, 1.54) is 0 Å². The summed E-state index contributed by atoms with van der Waals surface area (Å²) in [6.07, 6.45) is 0.355. The number of halogens is 1. The number of nitrogens with zero attached hydrogens (tertiary/aromatic N) is 1. The second-order valence-corrected chi connectivity index (χ2v) is 4.13. The quantitative estimate of drug-likeness (QED) is 0.541. The Morgan fingerprint density at radius 1 is 1.50 bits per heavy atom. The minimum absolute atomic E-state index is 0.00191. The Kier molecular flexibility index (Phi) is 5.08. The first-order valence-electron chi connectivity index (χ1n) is 5.49. The maximum atomic E-state index is 11.8. The number of alkyl halides is 1. The van der Waals surface area contributed by atoms with Crippen molar-refractivity contribution in [2.45, 2.75) is 25.8 Å². The van der Waals surface area contributed by atoms with Crippen molar-refractivity contribution in [1.82, 2.24) is 15.5 Å². The molecule has 1 rings (SSSR count). The molecule has 18 heavy (non-hydrogen) atoms. The van der Waals surface area contributed by atoms with E-state index in [9.17, 15) is 19.2 Å². The van der Waals surface area contributed by atoms with Gasteiger partial charge in [0, 0.05) is 12.3 Å². The predicted octanol–water partition coefficient (Wildman–Crippen LogP) is -0.411. The van der Waals surface area contributed by atoms with E-state index >= 15 is 0 Å². The molecule has 1 fully saturated rings. The molecule has 100 valence electrons. The number of urea groups is 1. The third-order valence-electron chi connectivity index (χ3n) is 2.47. The summed E-state index contributed by atoms with van der Waals surface area (Å²) in [7, 11) is 0. The van der Waals surface area contributed by atoms with Crippen LogP contribution in [0.4, 0.5) is 4.79 Å². The summed E-state index contributed by atoms with van der Waals surface area (Å²) in [6.45, 7) is 1.46. The molecular weight excluding hydrogens is 262 g/mol. The number of carbonyl (C=O) groups is 4. The van der Waals surface area contributed by atoms with E-state index in [1.807, 2.05) is 0 Å². The normalized spacial score (nSPS) is 19.4. The first kappa shape index (κ1) is 14.4. The molecular formula is C10H14ClN3O4. The average molecular weight is 276 g/mol. The van der Waals surface area contributed by atoms with Crippen molar-refractivity contribution in [2.24, 2.45) is 0 Å². The van der Waals surface area contributed by atoms with Crippen molar-refractivity contribution in [2.75, 3.05) is 12.4 Å². The molecule has 1 aliphatic rings. The van der Waals surface area contributed by atoms with Gasteiger partial charge in [-0.25, -0.2) is 4.79 Å². The molecule has 2 N–H and O–H groups in total. The number of rotatable bonds is 3. The van der Waals surface area contributed by atoms with E-state index < -0.39 is 29.8 Å². The van der Waals surface area contributed by atoms with Crippen LogP contribution in [0.25, 0.3) is 0 Å². The highest BCUT2D eigenvalue weighted by Gasteiger charge is 2.35. The van der Waals surface area contributed by atoms with Gasteiger partial charge < -0.3 is 4.90 Å². The molecule has 0 bridgehead atoms. The van der Waals surface area contributed by atoms with Crippen LogP contribution >= 0.6 is 11.6 Å². The van der Waals surface area contributed by atoms with E-state index in [1.54, 1.807) is 6.92 Å². The molecule has 0 spiro atoms. The van der Waals surface area contributed by atoms with Gasteiger partial charge in [0.15, 0.2) is 0 Å². The zero-order chi connectivity index (χ0) is 13.7. The molecule has 1 atom stereocenters. The van der Waals surface area contributed by atoms with Crippen molar-refractivity contribution < 1.29 is 19.2 Å². The van der Waals surface area contributed by atoms with Gasteiger partial charge in [0.1, 0.15) is 12.6 Å². The Hall–Kier alpha value is -1.63. The lowest BCUT2D eigenvalue weighted by molar-refractivity contribution is -0.138. The van der Waals surface area contributed by atoms with Crippen LogP contribution in [0.15, 0.2) is 0 Å². The van der Waals surface area contributed by atoms with Gasteiger partial charge in [-0.15, -0.1) is 11.6 Å². The largest absolute Gasteiger partial charge is 0.325 e. The minimum atomic E-state index is -0.750. The number of carbonyl (C=O) groups excluding carboxylic acids is 4. The minimum Gasteiger partial charge on any atom is -0.303 e. The third-order valence-corrected chi connectivity index (χ3v) is 2.66. The Morgan fingerprint density at radius 3 is 2.72 bits per heavy atom. The maximum Gasteiger partial charge on any atom is 0.325 e. The third kappa shape index (κ3) is 3.43. The zero-order valence-corrected chi connectivity index (χ0v) is 10.6. The van der Waals surface area contributed by atoms with Gasteiger partial charge in [0.05, 0.1) is 0 Å². The first-order chi connectivity index (χ1) is 8.49. The highest BCUT2D eigenvalue weighted by Crippen LogP contribution is 2.09. The van der Waals surface area contributed by atoms with Crippen LogP contribution in [-0.4, -0.2) is 47.1 Å². The second kappa shape index (κ2) is 6.34. The molecule has 7 nitrogen and oxygen atoms in total. The monoisotopic (exact) mass is 275 g/mol. The van der Waals surface area contributed by atoms with Gasteiger partial charge in [0.25, 0.3) is 0 Å². The lowest BCUT2D eigenvalue weighted by atomic mass is 10.1. The molecule has 0 saturated carbocycles. The molecule has 1 heterocycles. The van der Waals surface area contributed by atoms with E-state index in [4.69, 9.17) is 11.6 Å². The fourth-order valence-corrected chi connectivity index (χ4v) is 1.80. The molecule has 0 aromatic rings. The number of imide groups is 2.